The molecular formula is C12H10N2O2S. The minimum absolute atomic E-state index is 0.297. The zero-order valence-corrected chi connectivity index (χ0v) is 9.70. The Balaban J connectivity index is 2.56. The van der Waals surface area contributed by atoms with Crippen LogP contribution < -0.4 is 5.73 Å². The van der Waals surface area contributed by atoms with Crippen LogP contribution in [0.4, 0.5) is 5.82 Å². The van der Waals surface area contributed by atoms with Gasteiger partial charge in [0, 0.05) is 22.2 Å². The smallest absolute Gasteiger partial charge is 0.345 e. The second-order valence-electron chi connectivity index (χ2n) is 3.33. The van der Waals surface area contributed by atoms with Crippen LogP contribution in [-0.4, -0.2) is 16.1 Å². The number of aromatic nitrogens is 1. The highest BCUT2D eigenvalue weighted by Crippen LogP contribution is 2.32. The molecule has 0 aromatic carbocycles. The Morgan fingerprint density at radius 3 is 2.82 bits per heavy atom. The van der Waals surface area contributed by atoms with E-state index in [2.05, 4.69) is 11.6 Å². The van der Waals surface area contributed by atoms with Gasteiger partial charge in [-0.2, -0.15) is 0 Å². The summed E-state index contributed by atoms with van der Waals surface area (Å²) in [5.41, 5.74) is 7.32. The lowest BCUT2D eigenvalue weighted by atomic mass is 10.1. The standard InChI is InChI=1S/C12H10N2O2S/c1-2-7-8(5-6-14-11(7)13)9-3-4-10(17-9)12(15)16/h2-6H,1H2,(H2,13,14)(H,15,16). The molecule has 2 aromatic heterocycles. The summed E-state index contributed by atoms with van der Waals surface area (Å²) < 4.78 is 0. The number of hydrogen-bond acceptors (Lipinski definition) is 4. The molecular weight excluding hydrogens is 236 g/mol. The molecule has 0 aliphatic rings. The van der Waals surface area contributed by atoms with Gasteiger partial charge in [-0.15, -0.1) is 11.3 Å². The van der Waals surface area contributed by atoms with Gasteiger partial charge in [0.25, 0.3) is 0 Å². The highest BCUT2D eigenvalue weighted by Gasteiger charge is 2.11. The van der Waals surface area contributed by atoms with E-state index < -0.39 is 5.97 Å². The Morgan fingerprint density at radius 1 is 1.47 bits per heavy atom. The Kier molecular flexibility index (Phi) is 2.93. The number of nitrogens with zero attached hydrogens (tertiary/aromatic N) is 1. The first-order chi connectivity index (χ1) is 8.13. The molecule has 2 aromatic rings. The van der Waals surface area contributed by atoms with Crippen LogP contribution in [0.3, 0.4) is 0 Å². The van der Waals surface area contributed by atoms with Gasteiger partial charge >= 0.3 is 5.97 Å². The van der Waals surface area contributed by atoms with Crippen molar-refractivity contribution in [2.75, 3.05) is 5.73 Å². The minimum atomic E-state index is -0.927. The third-order valence-corrected chi connectivity index (χ3v) is 3.41. The van der Waals surface area contributed by atoms with Gasteiger partial charge < -0.3 is 10.8 Å². The molecule has 0 bridgehead atoms. The van der Waals surface area contributed by atoms with Crippen LogP contribution in [0.25, 0.3) is 16.5 Å². The van der Waals surface area contributed by atoms with E-state index >= 15 is 0 Å². The summed E-state index contributed by atoms with van der Waals surface area (Å²) in [4.78, 5) is 15.9. The summed E-state index contributed by atoms with van der Waals surface area (Å²) in [5.74, 6) is -0.536. The molecule has 17 heavy (non-hydrogen) atoms. The Morgan fingerprint density at radius 2 is 2.24 bits per heavy atom. The predicted molar refractivity (Wildman–Crippen MR) is 69.0 cm³/mol. The van der Waals surface area contributed by atoms with E-state index in [1.165, 1.54) is 11.3 Å². The number of hydrogen-bond donors (Lipinski definition) is 2. The maximum Gasteiger partial charge on any atom is 0.345 e. The average Bonchev–Trinajstić information content (AvgIpc) is 2.77. The van der Waals surface area contributed by atoms with Crippen LogP contribution in [0.15, 0.2) is 31.0 Å². The first kappa shape index (κ1) is 11.3. The van der Waals surface area contributed by atoms with Crippen molar-refractivity contribution in [3.63, 3.8) is 0 Å². The molecule has 0 unspecified atom stereocenters. The normalized spacial score (nSPS) is 10.1. The number of anilines is 1. The first-order valence-electron chi connectivity index (χ1n) is 4.84. The summed E-state index contributed by atoms with van der Waals surface area (Å²) in [5, 5.41) is 8.88. The van der Waals surface area contributed by atoms with Gasteiger partial charge in [-0.25, -0.2) is 9.78 Å². The topological polar surface area (TPSA) is 76.2 Å². The molecule has 2 rings (SSSR count). The molecule has 0 atom stereocenters. The summed E-state index contributed by atoms with van der Waals surface area (Å²) in [6.07, 6.45) is 3.22. The molecule has 86 valence electrons. The van der Waals surface area contributed by atoms with Crippen LogP contribution >= 0.6 is 11.3 Å². The predicted octanol–water partition coefficient (Wildman–Crippen LogP) is 2.73. The largest absolute Gasteiger partial charge is 0.477 e. The van der Waals surface area contributed by atoms with Crippen molar-refractivity contribution >= 4 is 29.2 Å². The Bertz CT molecular complexity index is 590. The van der Waals surface area contributed by atoms with Gasteiger partial charge in [0.1, 0.15) is 10.7 Å². The average molecular weight is 246 g/mol. The van der Waals surface area contributed by atoms with Gasteiger partial charge in [-0.1, -0.05) is 12.7 Å². The van der Waals surface area contributed by atoms with Gasteiger partial charge in [-0.3, -0.25) is 0 Å². The van der Waals surface area contributed by atoms with E-state index in [9.17, 15) is 4.79 Å². The molecule has 0 fully saturated rings. The molecule has 0 saturated heterocycles. The van der Waals surface area contributed by atoms with E-state index in [1.54, 1.807) is 30.5 Å². The number of aromatic carboxylic acids is 1. The number of thiophene rings is 1. The van der Waals surface area contributed by atoms with Crippen LogP contribution in [-0.2, 0) is 0 Å². The van der Waals surface area contributed by atoms with Crippen LogP contribution in [0.1, 0.15) is 15.2 Å². The van der Waals surface area contributed by atoms with Gasteiger partial charge in [0.05, 0.1) is 0 Å². The van der Waals surface area contributed by atoms with E-state index in [0.29, 0.717) is 10.7 Å². The van der Waals surface area contributed by atoms with E-state index in [-0.39, 0.29) is 0 Å². The number of nitrogens with two attached hydrogens (primary N) is 1. The number of pyridine rings is 1. The van der Waals surface area contributed by atoms with Crippen molar-refractivity contribution in [3.8, 4) is 10.4 Å². The van der Waals surface area contributed by atoms with Crippen molar-refractivity contribution in [1.82, 2.24) is 4.98 Å². The van der Waals surface area contributed by atoms with Crippen molar-refractivity contribution in [3.05, 3.63) is 41.4 Å². The quantitative estimate of drug-likeness (QED) is 0.873. The van der Waals surface area contributed by atoms with Gasteiger partial charge in [0.15, 0.2) is 0 Å². The molecule has 0 radical (unpaired) electrons. The maximum absolute atomic E-state index is 10.8. The Hall–Kier alpha value is -2.14. The monoisotopic (exact) mass is 246 g/mol. The molecule has 3 N–H and O–H groups in total. The zero-order valence-electron chi connectivity index (χ0n) is 8.88. The lowest BCUT2D eigenvalue weighted by Crippen LogP contribution is -1.94. The van der Waals surface area contributed by atoms with Crippen molar-refractivity contribution in [2.24, 2.45) is 0 Å². The van der Waals surface area contributed by atoms with E-state index in [1.807, 2.05) is 0 Å². The Labute approximate surface area is 102 Å². The fraction of sp³-hybridized carbons (Fsp3) is 0. The second kappa shape index (κ2) is 4.39. The zero-order chi connectivity index (χ0) is 12.4. The van der Waals surface area contributed by atoms with Crippen molar-refractivity contribution in [2.45, 2.75) is 0 Å². The molecule has 0 aliphatic carbocycles. The number of carboxylic acid groups (broad SMARTS) is 1. The fourth-order valence-electron chi connectivity index (χ4n) is 1.52. The van der Waals surface area contributed by atoms with Crippen LogP contribution in [0.2, 0.25) is 0 Å². The maximum atomic E-state index is 10.8. The van der Waals surface area contributed by atoms with Crippen molar-refractivity contribution < 1.29 is 9.90 Å². The van der Waals surface area contributed by atoms with Crippen LogP contribution in [0, 0.1) is 0 Å². The van der Waals surface area contributed by atoms with Gasteiger partial charge in [0.2, 0.25) is 0 Å². The number of nitrogen functional groups attached to an aromatic ring is 1. The summed E-state index contributed by atoms with van der Waals surface area (Å²) in [6.45, 7) is 3.69. The lowest BCUT2D eigenvalue weighted by molar-refractivity contribution is 0.0702. The highest BCUT2D eigenvalue weighted by molar-refractivity contribution is 7.17. The summed E-state index contributed by atoms with van der Waals surface area (Å²) in [7, 11) is 0. The lowest BCUT2D eigenvalue weighted by Gasteiger charge is -2.05. The van der Waals surface area contributed by atoms with Crippen molar-refractivity contribution in [1.29, 1.82) is 0 Å². The molecule has 5 heteroatoms. The molecule has 4 nitrogen and oxygen atoms in total. The minimum Gasteiger partial charge on any atom is -0.477 e. The SMILES string of the molecule is C=Cc1c(-c2ccc(C(=O)O)s2)ccnc1N. The summed E-state index contributed by atoms with van der Waals surface area (Å²) in [6, 6.07) is 5.13. The van der Waals surface area contributed by atoms with E-state index in [0.717, 1.165) is 16.0 Å². The number of carboxylic acids is 1. The fourth-order valence-corrected chi connectivity index (χ4v) is 2.40. The highest BCUT2D eigenvalue weighted by atomic mass is 32.1. The summed E-state index contributed by atoms with van der Waals surface area (Å²) >= 11 is 1.20. The first-order valence-corrected chi connectivity index (χ1v) is 5.65. The van der Waals surface area contributed by atoms with Gasteiger partial charge in [-0.05, 0) is 18.2 Å². The molecule has 0 amide bonds. The molecule has 0 aliphatic heterocycles. The molecule has 0 spiro atoms. The molecule has 2 heterocycles. The van der Waals surface area contributed by atoms with E-state index in [4.69, 9.17) is 10.8 Å². The third kappa shape index (κ3) is 2.05. The second-order valence-corrected chi connectivity index (χ2v) is 4.41. The number of carbonyl (C=O) groups is 1. The number of rotatable bonds is 3. The third-order valence-electron chi connectivity index (χ3n) is 2.31. The van der Waals surface area contributed by atoms with Crippen LogP contribution in [0.5, 0.6) is 0 Å². The molecule has 0 saturated carbocycles.